The van der Waals surface area contributed by atoms with Gasteiger partial charge in [-0.25, -0.2) is 4.98 Å². The number of carbonyl (C=O) groups excluding carboxylic acids is 1. The van der Waals surface area contributed by atoms with Crippen LogP contribution in [0, 0.1) is 0 Å². The molecule has 0 atom stereocenters. The standard InChI is InChI=1S/C21H18BrClN4O/c1-27-11-17(15-8-12(22)2-5-20(15)27)19-10-16(21(28)25-7-6-24)14-4-3-13(23)9-18(14)26-19/h2-5,8-11H,6-7,24H2,1H3,(H,25,28). The van der Waals surface area contributed by atoms with Gasteiger partial charge in [-0.2, -0.15) is 0 Å². The van der Waals surface area contributed by atoms with Gasteiger partial charge in [-0.1, -0.05) is 33.6 Å². The Labute approximate surface area is 175 Å². The van der Waals surface area contributed by atoms with E-state index in [1.165, 1.54) is 0 Å². The molecule has 4 rings (SSSR count). The van der Waals surface area contributed by atoms with E-state index < -0.39 is 0 Å². The topological polar surface area (TPSA) is 72.9 Å². The van der Waals surface area contributed by atoms with Crippen molar-refractivity contribution in [2.75, 3.05) is 13.1 Å². The molecule has 0 radical (unpaired) electrons. The molecule has 3 N–H and O–H groups in total. The Morgan fingerprint density at radius 1 is 1.21 bits per heavy atom. The van der Waals surface area contributed by atoms with Crippen LogP contribution in [0.1, 0.15) is 10.4 Å². The second-order valence-corrected chi connectivity index (χ2v) is 7.93. The summed E-state index contributed by atoms with van der Waals surface area (Å²) in [6.07, 6.45) is 2.03. The maximum absolute atomic E-state index is 12.8. The van der Waals surface area contributed by atoms with Gasteiger partial charge in [0.05, 0.1) is 16.8 Å². The molecule has 0 saturated carbocycles. The van der Waals surface area contributed by atoms with Crippen molar-refractivity contribution in [3.8, 4) is 11.3 Å². The number of aromatic nitrogens is 2. The van der Waals surface area contributed by atoms with Crippen molar-refractivity contribution in [2.45, 2.75) is 0 Å². The molecule has 142 valence electrons. The molecule has 0 spiro atoms. The first-order chi connectivity index (χ1) is 13.5. The number of nitrogens with one attached hydrogen (secondary N) is 1. The van der Waals surface area contributed by atoms with E-state index in [0.717, 1.165) is 32.0 Å². The lowest BCUT2D eigenvalue weighted by molar-refractivity contribution is 0.0956. The lowest BCUT2D eigenvalue weighted by atomic mass is 10.0. The summed E-state index contributed by atoms with van der Waals surface area (Å²) in [4.78, 5) is 17.6. The predicted molar refractivity (Wildman–Crippen MR) is 118 cm³/mol. The minimum atomic E-state index is -0.178. The number of nitrogens with two attached hydrogens (primary N) is 1. The summed E-state index contributed by atoms with van der Waals surface area (Å²) in [6.45, 7) is 0.789. The molecule has 7 heteroatoms. The Kier molecular flexibility index (Phi) is 5.10. The van der Waals surface area contributed by atoms with Crippen molar-refractivity contribution in [1.29, 1.82) is 0 Å². The minimum absolute atomic E-state index is 0.178. The highest BCUT2D eigenvalue weighted by atomic mass is 79.9. The van der Waals surface area contributed by atoms with Gasteiger partial charge in [-0.3, -0.25) is 4.79 Å². The summed E-state index contributed by atoms with van der Waals surface area (Å²) in [6, 6.07) is 13.3. The number of hydrogen-bond acceptors (Lipinski definition) is 3. The third kappa shape index (κ3) is 3.39. The molecular formula is C21H18BrClN4O. The van der Waals surface area contributed by atoms with Crippen molar-refractivity contribution in [3.05, 3.63) is 63.7 Å². The van der Waals surface area contributed by atoms with Crippen LogP contribution in [0.4, 0.5) is 0 Å². The molecule has 0 bridgehead atoms. The third-order valence-electron chi connectivity index (χ3n) is 4.67. The fourth-order valence-electron chi connectivity index (χ4n) is 3.38. The number of amides is 1. The van der Waals surface area contributed by atoms with E-state index in [4.69, 9.17) is 22.3 Å². The fourth-order valence-corrected chi connectivity index (χ4v) is 3.90. The molecule has 0 aliphatic carbocycles. The normalized spacial score (nSPS) is 11.3. The molecule has 5 nitrogen and oxygen atoms in total. The van der Waals surface area contributed by atoms with Crippen LogP contribution < -0.4 is 11.1 Å². The molecule has 2 aromatic heterocycles. The number of halogens is 2. The van der Waals surface area contributed by atoms with Gasteiger partial charge in [0.2, 0.25) is 0 Å². The summed E-state index contributed by atoms with van der Waals surface area (Å²) in [5.74, 6) is -0.178. The van der Waals surface area contributed by atoms with Crippen LogP contribution in [-0.4, -0.2) is 28.5 Å². The molecule has 1 amide bonds. The van der Waals surface area contributed by atoms with E-state index in [2.05, 4.69) is 37.9 Å². The molecule has 2 heterocycles. The molecule has 2 aromatic carbocycles. The van der Waals surface area contributed by atoms with E-state index >= 15 is 0 Å². The van der Waals surface area contributed by atoms with Gasteiger partial charge in [-0.15, -0.1) is 0 Å². The first-order valence-corrected chi connectivity index (χ1v) is 9.98. The number of pyridine rings is 1. The number of aryl methyl sites for hydroxylation is 1. The lowest BCUT2D eigenvalue weighted by Crippen LogP contribution is -2.29. The molecule has 0 unspecified atom stereocenters. The Morgan fingerprint density at radius 2 is 2.04 bits per heavy atom. The molecular weight excluding hydrogens is 440 g/mol. The monoisotopic (exact) mass is 456 g/mol. The summed E-state index contributed by atoms with van der Waals surface area (Å²) < 4.78 is 3.03. The van der Waals surface area contributed by atoms with E-state index in [1.54, 1.807) is 12.1 Å². The molecule has 0 aliphatic heterocycles. The van der Waals surface area contributed by atoms with Crippen LogP contribution in [0.25, 0.3) is 33.1 Å². The van der Waals surface area contributed by atoms with Crippen LogP contribution in [0.3, 0.4) is 0 Å². The Bertz CT molecular complexity index is 1220. The number of hydrogen-bond donors (Lipinski definition) is 2. The van der Waals surface area contributed by atoms with Gasteiger partial charge in [0.15, 0.2) is 0 Å². The molecule has 28 heavy (non-hydrogen) atoms. The molecule has 0 fully saturated rings. The second-order valence-electron chi connectivity index (χ2n) is 6.58. The van der Waals surface area contributed by atoms with Crippen molar-refractivity contribution in [2.24, 2.45) is 12.8 Å². The zero-order valence-corrected chi connectivity index (χ0v) is 17.5. The van der Waals surface area contributed by atoms with Crippen molar-refractivity contribution >= 4 is 55.2 Å². The number of nitrogens with zero attached hydrogens (tertiary/aromatic N) is 2. The highest BCUT2D eigenvalue weighted by molar-refractivity contribution is 9.10. The van der Waals surface area contributed by atoms with Gasteiger partial charge in [0.1, 0.15) is 0 Å². The number of benzene rings is 2. The van der Waals surface area contributed by atoms with Gasteiger partial charge >= 0.3 is 0 Å². The average molecular weight is 458 g/mol. The maximum atomic E-state index is 12.8. The van der Waals surface area contributed by atoms with Crippen LogP contribution >= 0.6 is 27.5 Å². The summed E-state index contributed by atoms with van der Waals surface area (Å²) in [5, 5.41) is 5.23. The molecule has 0 saturated heterocycles. The zero-order chi connectivity index (χ0) is 19.8. The van der Waals surface area contributed by atoms with Crippen molar-refractivity contribution < 1.29 is 4.79 Å². The van der Waals surface area contributed by atoms with E-state index in [9.17, 15) is 4.79 Å². The Hall–Kier alpha value is -2.41. The van der Waals surface area contributed by atoms with Crippen molar-refractivity contribution in [1.82, 2.24) is 14.9 Å². The molecule has 4 aromatic rings. The summed E-state index contributed by atoms with van der Waals surface area (Å²) in [5.41, 5.74) is 9.52. The third-order valence-corrected chi connectivity index (χ3v) is 5.40. The Balaban J connectivity index is 1.98. The second kappa shape index (κ2) is 7.54. The highest BCUT2D eigenvalue weighted by Gasteiger charge is 2.17. The van der Waals surface area contributed by atoms with Gasteiger partial charge < -0.3 is 15.6 Å². The first kappa shape index (κ1) is 18.9. The average Bonchev–Trinajstić information content (AvgIpc) is 3.00. The lowest BCUT2D eigenvalue weighted by Gasteiger charge is -2.10. The predicted octanol–water partition coefficient (Wildman–Crippen LogP) is 4.50. The number of fused-ring (bicyclic) bond motifs is 2. The highest BCUT2D eigenvalue weighted by Crippen LogP contribution is 2.33. The van der Waals surface area contributed by atoms with E-state index in [0.29, 0.717) is 29.2 Å². The molecule has 0 aliphatic rings. The minimum Gasteiger partial charge on any atom is -0.351 e. The van der Waals surface area contributed by atoms with Gasteiger partial charge in [0, 0.05) is 57.7 Å². The van der Waals surface area contributed by atoms with Crippen molar-refractivity contribution in [3.63, 3.8) is 0 Å². The largest absolute Gasteiger partial charge is 0.351 e. The van der Waals surface area contributed by atoms with Crippen LogP contribution in [0.2, 0.25) is 5.02 Å². The Morgan fingerprint density at radius 3 is 2.82 bits per heavy atom. The maximum Gasteiger partial charge on any atom is 0.252 e. The van der Waals surface area contributed by atoms with Crippen LogP contribution in [-0.2, 0) is 7.05 Å². The summed E-state index contributed by atoms with van der Waals surface area (Å²) >= 11 is 9.73. The van der Waals surface area contributed by atoms with Gasteiger partial charge in [-0.05, 0) is 36.4 Å². The van der Waals surface area contributed by atoms with E-state index in [1.807, 2.05) is 31.4 Å². The smallest absolute Gasteiger partial charge is 0.252 e. The number of carbonyl (C=O) groups is 1. The van der Waals surface area contributed by atoms with Gasteiger partial charge in [0.25, 0.3) is 5.91 Å². The van der Waals surface area contributed by atoms with Crippen LogP contribution in [0.5, 0.6) is 0 Å². The fraction of sp³-hybridized carbons (Fsp3) is 0.143. The van der Waals surface area contributed by atoms with E-state index in [-0.39, 0.29) is 5.91 Å². The van der Waals surface area contributed by atoms with Crippen LogP contribution in [0.15, 0.2) is 53.1 Å². The zero-order valence-electron chi connectivity index (χ0n) is 15.2. The quantitative estimate of drug-likeness (QED) is 0.474. The summed E-state index contributed by atoms with van der Waals surface area (Å²) in [7, 11) is 1.99. The SMILES string of the molecule is Cn1cc(-c2cc(C(=O)NCCN)c3ccc(Cl)cc3n2)c2cc(Br)ccc21. The number of rotatable bonds is 4. The first-order valence-electron chi connectivity index (χ1n) is 8.81.